The third kappa shape index (κ3) is 4.11. The van der Waals surface area contributed by atoms with Crippen LogP contribution in [0.4, 0.5) is 0 Å². The lowest BCUT2D eigenvalue weighted by Crippen LogP contribution is -1.99. The van der Waals surface area contributed by atoms with Crippen LogP contribution in [0.1, 0.15) is 22.8 Å². The summed E-state index contributed by atoms with van der Waals surface area (Å²) < 4.78 is 16.4. The van der Waals surface area contributed by atoms with Crippen molar-refractivity contribution in [2.24, 2.45) is 0 Å². The molecule has 4 nitrogen and oxygen atoms in total. The van der Waals surface area contributed by atoms with Gasteiger partial charge in [0.25, 0.3) is 0 Å². The topological polar surface area (TPSA) is 44.8 Å². The first kappa shape index (κ1) is 18.5. The Morgan fingerprint density at radius 3 is 2.22 bits per heavy atom. The molecule has 4 heteroatoms. The fourth-order valence-corrected chi connectivity index (χ4v) is 2.89. The Kier molecular flexibility index (Phi) is 5.77. The highest BCUT2D eigenvalue weighted by Gasteiger charge is 2.13. The number of ether oxygens (including phenoxy) is 3. The van der Waals surface area contributed by atoms with Crippen LogP contribution < -0.4 is 14.2 Å². The van der Waals surface area contributed by atoms with Gasteiger partial charge in [-0.15, -0.1) is 0 Å². The van der Waals surface area contributed by atoms with Gasteiger partial charge in [0.1, 0.15) is 0 Å². The summed E-state index contributed by atoms with van der Waals surface area (Å²) in [6.07, 6.45) is 3.30. The van der Waals surface area contributed by atoms with Crippen LogP contribution in [-0.2, 0) is 0 Å². The average molecular weight is 362 g/mol. The van der Waals surface area contributed by atoms with Crippen molar-refractivity contribution in [3.8, 4) is 17.2 Å². The van der Waals surface area contributed by atoms with Crippen molar-refractivity contribution in [2.45, 2.75) is 6.92 Å². The second kappa shape index (κ2) is 8.41. The molecule has 0 radical (unpaired) electrons. The highest BCUT2D eigenvalue weighted by Crippen LogP contribution is 2.38. The predicted octanol–water partition coefficient (Wildman–Crippen LogP) is 5.15. The van der Waals surface area contributed by atoms with Gasteiger partial charge in [0, 0.05) is 5.56 Å². The predicted molar refractivity (Wildman–Crippen MR) is 108 cm³/mol. The van der Waals surface area contributed by atoms with Crippen LogP contribution in [0.3, 0.4) is 0 Å². The zero-order valence-electron chi connectivity index (χ0n) is 15.7. The van der Waals surface area contributed by atoms with E-state index < -0.39 is 0 Å². The van der Waals surface area contributed by atoms with E-state index >= 15 is 0 Å². The normalized spacial score (nSPS) is 10.9. The molecule has 0 aliphatic rings. The molecule has 0 saturated heterocycles. The maximum Gasteiger partial charge on any atom is 0.203 e. The number of methoxy groups -OCH3 is 2. The van der Waals surface area contributed by atoms with Gasteiger partial charge in [-0.05, 0) is 47.5 Å². The van der Waals surface area contributed by atoms with E-state index in [0.29, 0.717) is 29.4 Å². The Bertz CT molecular complexity index is 964. The number of allylic oxidation sites excluding steroid dienone is 1. The van der Waals surface area contributed by atoms with Crippen molar-refractivity contribution in [3.05, 3.63) is 71.8 Å². The molecule has 0 spiro atoms. The van der Waals surface area contributed by atoms with E-state index in [1.807, 2.05) is 61.5 Å². The van der Waals surface area contributed by atoms with Crippen LogP contribution in [0.15, 0.2) is 60.7 Å². The van der Waals surface area contributed by atoms with Crippen LogP contribution >= 0.6 is 0 Å². The number of fused-ring (bicyclic) bond motifs is 1. The first-order valence-corrected chi connectivity index (χ1v) is 8.76. The smallest absolute Gasteiger partial charge is 0.203 e. The minimum absolute atomic E-state index is 0.0624. The van der Waals surface area contributed by atoms with E-state index in [0.717, 1.165) is 16.3 Å². The molecule has 0 amide bonds. The molecule has 0 fully saturated rings. The van der Waals surface area contributed by atoms with Gasteiger partial charge < -0.3 is 14.2 Å². The van der Waals surface area contributed by atoms with E-state index in [1.165, 1.54) is 0 Å². The molecule has 138 valence electrons. The molecular weight excluding hydrogens is 340 g/mol. The summed E-state index contributed by atoms with van der Waals surface area (Å²) in [5.41, 5.74) is 1.44. The van der Waals surface area contributed by atoms with E-state index in [2.05, 4.69) is 0 Å². The summed E-state index contributed by atoms with van der Waals surface area (Å²) in [6, 6.07) is 17.3. The first-order chi connectivity index (χ1) is 13.2. The second-order valence-corrected chi connectivity index (χ2v) is 5.95. The third-order valence-corrected chi connectivity index (χ3v) is 4.23. The van der Waals surface area contributed by atoms with Crippen LogP contribution in [0.2, 0.25) is 0 Å². The van der Waals surface area contributed by atoms with Crippen molar-refractivity contribution in [2.75, 3.05) is 20.8 Å². The van der Waals surface area contributed by atoms with Gasteiger partial charge in [-0.1, -0.05) is 42.5 Å². The number of ketones is 1. The molecule has 0 N–H and O–H groups in total. The number of hydrogen-bond acceptors (Lipinski definition) is 4. The number of hydrogen-bond donors (Lipinski definition) is 0. The molecule has 3 aromatic carbocycles. The van der Waals surface area contributed by atoms with Gasteiger partial charge in [-0.3, -0.25) is 4.79 Å². The first-order valence-electron chi connectivity index (χ1n) is 8.76. The van der Waals surface area contributed by atoms with E-state index in [-0.39, 0.29) is 5.78 Å². The van der Waals surface area contributed by atoms with Crippen LogP contribution in [0.5, 0.6) is 17.2 Å². The van der Waals surface area contributed by atoms with Crippen molar-refractivity contribution in [1.82, 2.24) is 0 Å². The minimum Gasteiger partial charge on any atom is -0.493 e. The summed E-state index contributed by atoms with van der Waals surface area (Å²) in [7, 11) is 3.15. The van der Waals surface area contributed by atoms with Crippen LogP contribution in [0.25, 0.3) is 16.8 Å². The quantitative estimate of drug-likeness (QED) is 0.431. The van der Waals surface area contributed by atoms with Gasteiger partial charge in [0.2, 0.25) is 5.75 Å². The fourth-order valence-electron chi connectivity index (χ4n) is 2.89. The van der Waals surface area contributed by atoms with Gasteiger partial charge in [-0.25, -0.2) is 0 Å². The van der Waals surface area contributed by atoms with E-state index in [4.69, 9.17) is 14.2 Å². The second-order valence-electron chi connectivity index (χ2n) is 5.95. The van der Waals surface area contributed by atoms with E-state index in [9.17, 15) is 4.79 Å². The molecule has 0 saturated carbocycles. The van der Waals surface area contributed by atoms with Gasteiger partial charge in [0.15, 0.2) is 17.3 Å². The summed E-state index contributed by atoms with van der Waals surface area (Å²) >= 11 is 0. The lowest BCUT2D eigenvalue weighted by atomic mass is 10.0. The summed E-state index contributed by atoms with van der Waals surface area (Å²) in [5, 5.41) is 2.15. The maximum absolute atomic E-state index is 12.6. The largest absolute Gasteiger partial charge is 0.493 e. The molecule has 3 aromatic rings. The number of benzene rings is 3. The zero-order chi connectivity index (χ0) is 19.2. The SMILES string of the molecule is CCOc1c(OC)cc(C=CC(=O)c2ccc3ccccc3c2)cc1OC. The van der Waals surface area contributed by atoms with Crippen LogP contribution in [-0.4, -0.2) is 26.6 Å². The molecular formula is C23H22O4. The Balaban J connectivity index is 1.88. The molecule has 27 heavy (non-hydrogen) atoms. The maximum atomic E-state index is 12.6. The van der Waals surface area contributed by atoms with Gasteiger partial charge in [0.05, 0.1) is 20.8 Å². The van der Waals surface area contributed by atoms with Crippen LogP contribution in [0, 0.1) is 0 Å². The summed E-state index contributed by atoms with van der Waals surface area (Å²) in [6.45, 7) is 2.40. The Labute approximate surface area is 159 Å². The average Bonchev–Trinajstić information content (AvgIpc) is 2.72. The Morgan fingerprint density at radius 1 is 0.926 bits per heavy atom. The van der Waals surface area contributed by atoms with Gasteiger partial charge >= 0.3 is 0 Å². The van der Waals surface area contributed by atoms with E-state index in [1.54, 1.807) is 26.4 Å². The molecule has 0 atom stereocenters. The van der Waals surface area contributed by atoms with Gasteiger partial charge in [-0.2, -0.15) is 0 Å². The fraction of sp³-hybridized carbons (Fsp3) is 0.174. The minimum atomic E-state index is -0.0624. The van der Waals surface area contributed by atoms with Crippen molar-refractivity contribution in [1.29, 1.82) is 0 Å². The third-order valence-electron chi connectivity index (χ3n) is 4.23. The highest BCUT2D eigenvalue weighted by molar-refractivity contribution is 6.08. The Hall–Kier alpha value is -3.27. The number of carbonyl (C=O) groups excluding carboxylic acids is 1. The number of carbonyl (C=O) groups is 1. The molecule has 0 heterocycles. The summed E-state index contributed by atoms with van der Waals surface area (Å²) in [5.74, 6) is 1.62. The number of rotatable bonds is 7. The standard InChI is InChI=1S/C23H22O4/c1-4-27-23-21(25-2)13-16(14-22(23)26-3)9-12-20(24)19-11-10-17-7-5-6-8-18(17)15-19/h5-15H,4H2,1-3H3. The Morgan fingerprint density at radius 2 is 1.59 bits per heavy atom. The lowest BCUT2D eigenvalue weighted by molar-refractivity contribution is 0.104. The molecule has 0 aliphatic carbocycles. The lowest BCUT2D eigenvalue weighted by Gasteiger charge is -2.14. The molecule has 0 unspecified atom stereocenters. The van der Waals surface area contributed by atoms with Crippen molar-refractivity contribution in [3.63, 3.8) is 0 Å². The van der Waals surface area contributed by atoms with Crippen molar-refractivity contribution >= 4 is 22.6 Å². The highest BCUT2D eigenvalue weighted by atomic mass is 16.5. The molecule has 3 rings (SSSR count). The van der Waals surface area contributed by atoms with Crippen molar-refractivity contribution < 1.29 is 19.0 Å². The molecule has 0 aromatic heterocycles. The summed E-state index contributed by atoms with van der Waals surface area (Å²) in [4.78, 5) is 12.6. The zero-order valence-corrected chi connectivity index (χ0v) is 15.7. The molecule has 0 aliphatic heterocycles. The monoisotopic (exact) mass is 362 g/mol. The molecule has 0 bridgehead atoms.